The Kier molecular flexibility index (Phi) is 6.13. The van der Waals surface area contributed by atoms with Crippen LogP contribution in [0.25, 0.3) is 6.08 Å². The number of hydrogen-bond donors (Lipinski definition) is 0. The summed E-state index contributed by atoms with van der Waals surface area (Å²) in [4.78, 5) is 25.6. The molecule has 0 N–H and O–H groups in total. The van der Waals surface area contributed by atoms with E-state index >= 15 is 0 Å². The summed E-state index contributed by atoms with van der Waals surface area (Å²) in [5, 5.41) is -0.305. The molecular weight excluding hydrogens is 433 g/mol. The number of benzene rings is 2. The average molecular weight is 448 g/mol. The average Bonchev–Trinajstić information content (AvgIpc) is 2.89. The summed E-state index contributed by atoms with van der Waals surface area (Å²) >= 11 is 4.34. The van der Waals surface area contributed by atoms with Crippen LogP contribution in [-0.2, 0) is 11.4 Å². The van der Waals surface area contributed by atoms with Crippen LogP contribution >= 0.6 is 27.7 Å². The third-order valence-electron chi connectivity index (χ3n) is 3.72. The lowest BCUT2D eigenvalue weighted by Crippen LogP contribution is -2.27. The summed E-state index contributed by atoms with van der Waals surface area (Å²) in [7, 11) is 0. The van der Waals surface area contributed by atoms with Gasteiger partial charge >= 0.3 is 0 Å². The smallest absolute Gasteiger partial charge is 0.293 e. The number of halogens is 2. The van der Waals surface area contributed by atoms with Crippen molar-refractivity contribution in [2.75, 3.05) is 6.54 Å². The molecule has 1 aliphatic heterocycles. The molecule has 0 spiro atoms. The van der Waals surface area contributed by atoms with Crippen molar-refractivity contribution >= 4 is 44.9 Å². The number of hydrogen-bond acceptors (Lipinski definition) is 4. The molecule has 2 aromatic carbocycles. The van der Waals surface area contributed by atoms with Gasteiger partial charge in [-0.15, -0.1) is 6.58 Å². The number of nitrogens with zero attached hydrogens (tertiary/aromatic N) is 1. The molecule has 7 heteroatoms. The Labute approximate surface area is 168 Å². The molecule has 1 aliphatic rings. The number of imide groups is 1. The maximum absolute atomic E-state index is 13.2. The second-order valence-corrected chi connectivity index (χ2v) is 7.54. The van der Waals surface area contributed by atoms with E-state index in [-0.39, 0.29) is 30.1 Å². The van der Waals surface area contributed by atoms with Gasteiger partial charge in [0.1, 0.15) is 18.2 Å². The Morgan fingerprint density at radius 2 is 2.04 bits per heavy atom. The van der Waals surface area contributed by atoms with Crippen LogP contribution in [0.1, 0.15) is 11.1 Å². The van der Waals surface area contributed by atoms with E-state index in [0.717, 1.165) is 27.8 Å². The van der Waals surface area contributed by atoms with Crippen LogP contribution in [0.15, 0.2) is 64.5 Å². The van der Waals surface area contributed by atoms with Gasteiger partial charge in [-0.25, -0.2) is 4.39 Å². The van der Waals surface area contributed by atoms with Gasteiger partial charge in [0, 0.05) is 6.54 Å². The molecule has 0 atom stereocenters. The first-order valence-electron chi connectivity index (χ1n) is 8.01. The third kappa shape index (κ3) is 4.67. The van der Waals surface area contributed by atoms with Gasteiger partial charge in [-0.05, 0) is 69.2 Å². The summed E-state index contributed by atoms with van der Waals surface area (Å²) in [5.74, 6) is -0.0421. The van der Waals surface area contributed by atoms with Crippen LogP contribution in [-0.4, -0.2) is 22.6 Å². The molecule has 0 aromatic heterocycles. The minimum atomic E-state index is -0.326. The molecule has 0 aliphatic carbocycles. The lowest BCUT2D eigenvalue weighted by molar-refractivity contribution is -0.122. The van der Waals surface area contributed by atoms with E-state index in [0.29, 0.717) is 15.1 Å². The summed E-state index contributed by atoms with van der Waals surface area (Å²) in [6.45, 7) is 3.98. The fourth-order valence-corrected chi connectivity index (χ4v) is 3.81. The highest BCUT2D eigenvalue weighted by Crippen LogP contribution is 2.34. The molecule has 0 radical (unpaired) electrons. The summed E-state index contributed by atoms with van der Waals surface area (Å²) in [6.07, 6.45) is 3.18. The fourth-order valence-electron chi connectivity index (χ4n) is 2.45. The molecule has 27 heavy (non-hydrogen) atoms. The zero-order valence-corrected chi connectivity index (χ0v) is 16.6. The van der Waals surface area contributed by atoms with Gasteiger partial charge in [0.05, 0.1) is 9.38 Å². The van der Waals surface area contributed by atoms with Gasteiger partial charge in [0.2, 0.25) is 0 Å². The van der Waals surface area contributed by atoms with E-state index in [4.69, 9.17) is 4.74 Å². The van der Waals surface area contributed by atoms with Crippen molar-refractivity contribution in [2.45, 2.75) is 6.61 Å². The number of amides is 2. The van der Waals surface area contributed by atoms with E-state index < -0.39 is 0 Å². The number of carbonyl (C=O) groups is 2. The number of thioether (sulfide) groups is 1. The lowest BCUT2D eigenvalue weighted by Gasteiger charge is -2.09. The predicted octanol–water partition coefficient (Wildman–Crippen LogP) is 5.39. The second kappa shape index (κ2) is 8.54. The Hall–Kier alpha value is -2.38. The van der Waals surface area contributed by atoms with E-state index in [1.165, 1.54) is 18.2 Å². The molecule has 0 unspecified atom stereocenters. The van der Waals surface area contributed by atoms with Crippen molar-refractivity contribution in [3.8, 4) is 5.75 Å². The highest BCUT2D eigenvalue weighted by atomic mass is 79.9. The van der Waals surface area contributed by atoms with Crippen LogP contribution < -0.4 is 4.74 Å². The summed E-state index contributed by atoms with van der Waals surface area (Å²) < 4.78 is 19.6. The summed E-state index contributed by atoms with van der Waals surface area (Å²) in [5.41, 5.74) is 1.48. The maximum Gasteiger partial charge on any atom is 0.293 e. The molecule has 138 valence electrons. The van der Waals surface area contributed by atoms with E-state index in [2.05, 4.69) is 22.5 Å². The van der Waals surface area contributed by atoms with Gasteiger partial charge in [-0.3, -0.25) is 14.5 Å². The van der Waals surface area contributed by atoms with Crippen molar-refractivity contribution in [3.05, 3.63) is 81.4 Å². The SMILES string of the molecule is C=CCN1C(=O)S/C(=C/c2ccc(OCc3cccc(F)c3)c(Br)c2)C1=O. The largest absolute Gasteiger partial charge is 0.488 e. The van der Waals surface area contributed by atoms with Crippen LogP contribution in [0.2, 0.25) is 0 Å². The molecule has 2 amide bonds. The first-order chi connectivity index (χ1) is 13.0. The molecule has 0 bridgehead atoms. The van der Waals surface area contributed by atoms with Gasteiger partial charge in [0.15, 0.2) is 0 Å². The Morgan fingerprint density at radius 1 is 1.22 bits per heavy atom. The Bertz CT molecular complexity index is 945. The van der Waals surface area contributed by atoms with E-state index in [1.54, 1.807) is 36.4 Å². The zero-order valence-electron chi connectivity index (χ0n) is 14.2. The quantitative estimate of drug-likeness (QED) is 0.439. The molecule has 2 aromatic rings. The van der Waals surface area contributed by atoms with Gasteiger partial charge in [-0.1, -0.05) is 24.3 Å². The normalized spacial score (nSPS) is 15.5. The van der Waals surface area contributed by atoms with Crippen molar-refractivity contribution < 1.29 is 18.7 Å². The first kappa shape index (κ1) is 19.4. The number of carbonyl (C=O) groups excluding carboxylic acids is 2. The van der Waals surface area contributed by atoms with Crippen molar-refractivity contribution in [2.24, 2.45) is 0 Å². The summed E-state index contributed by atoms with van der Waals surface area (Å²) in [6, 6.07) is 11.5. The Morgan fingerprint density at radius 3 is 2.74 bits per heavy atom. The standard InChI is InChI=1S/C20H15BrFNO3S/c1-2-8-23-19(24)18(27-20(23)25)11-13-6-7-17(16(21)10-13)26-12-14-4-3-5-15(22)9-14/h2-7,9-11H,1,8,12H2/b18-11+. The minimum Gasteiger partial charge on any atom is -0.488 e. The first-order valence-corrected chi connectivity index (χ1v) is 9.62. The second-order valence-electron chi connectivity index (χ2n) is 5.69. The fraction of sp³-hybridized carbons (Fsp3) is 0.100. The highest BCUT2D eigenvalue weighted by molar-refractivity contribution is 9.10. The monoisotopic (exact) mass is 447 g/mol. The third-order valence-corrected chi connectivity index (χ3v) is 5.25. The molecule has 3 rings (SSSR count). The van der Waals surface area contributed by atoms with Crippen LogP contribution in [0.4, 0.5) is 9.18 Å². The minimum absolute atomic E-state index is 0.193. The van der Waals surface area contributed by atoms with Crippen LogP contribution in [0, 0.1) is 5.82 Å². The predicted molar refractivity (Wildman–Crippen MR) is 108 cm³/mol. The molecular formula is C20H15BrFNO3S. The molecule has 0 saturated carbocycles. The Balaban J connectivity index is 1.72. The van der Waals surface area contributed by atoms with Gasteiger partial charge in [-0.2, -0.15) is 0 Å². The number of rotatable bonds is 6. The van der Waals surface area contributed by atoms with E-state index in [9.17, 15) is 14.0 Å². The van der Waals surface area contributed by atoms with Gasteiger partial charge < -0.3 is 4.74 Å². The highest BCUT2D eigenvalue weighted by Gasteiger charge is 2.34. The lowest BCUT2D eigenvalue weighted by atomic mass is 10.2. The molecule has 1 fully saturated rings. The topological polar surface area (TPSA) is 46.6 Å². The molecule has 1 saturated heterocycles. The van der Waals surface area contributed by atoms with Crippen molar-refractivity contribution in [1.82, 2.24) is 4.90 Å². The van der Waals surface area contributed by atoms with Gasteiger partial charge in [0.25, 0.3) is 11.1 Å². The number of ether oxygens (including phenoxy) is 1. The van der Waals surface area contributed by atoms with Crippen molar-refractivity contribution in [3.63, 3.8) is 0 Å². The van der Waals surface area contributed by atoms with Crippen LogP contribution in [0.3, 0.4) is 0 Å². The van der Waals surface area contributed by atoms with Crippen LogP contribution in [0.5, 0.6) is 5.75 Å². The molecule has 4 nitrogen and oxygen atoms in total. The zero-order chi connectivity index (χ0) is 19.4. The molecule has 1 heterocycles. The maximum atomic E-state index is 13.2. The van der Waals surface area contributed by atoms with Crippen molar-refractivity contribution in [1.29, 1.82) is 0 Å². The van der Waals surface area contributed by atoms with E-state index in [1.807, 2.05) is 0 Å².